The van der Waals surface area contributed by atoms with Crippen molar-refractivity contribution in [1.29, 1.82) is 0 Å². The Morgan fingerprint density at radius 1 is 1.14 bits per heavy atom. The van der Waals surface area contributed by atoms with E-state index in [4.69, 9.17) is 0 Å². The molecule has 0 aromatic heterocycles. The van der Waals surface area contributed by atoms with E-state index in [0.29, 0.717) is 26.1 Å². The van der Waals surface area contributed by atoms with E-state index in [2.05, 4.69) is 5.32 Å². The maximum absolute atomic E-state index is 12.3. The highest BCUT2D eigenvalue weighted by molar-refractivity contribution is 7.88. The summed E-state index contributed by atoms with van der Waals surface area (Å²) in [7, 11) is -3.22. The van der Waals surface area contributed by atoms with Gasteiger partial charge in [-0.25, -0.2) is 12.7 Å². The summed E-state index contributed by atoms with van der Waals surface area (Å²) in [5.74, 6) is -0.253. The summed E-state index contributed by atoms with van der Waals surface area (Å²) < 4.78 is 24.6. The number of hydrogen-bond acceptors (Lipinski definition) is 4. The molecular formula is C13H23N3O4S. The van der Waals surface area contributed by atoms with Crippen LogP contribution < -0.4 is 5.32 Å². The van der Waals surface area contributed by atoms with Gasteiger partial charge in [-0.15, -0.1) is 0 Å². The highest BCUT2D eigenvalue weighted by atomic mass is 32.2. The summed E-state index contributed by atoms with van der Waals surface area (Å²) in [5.41, 5.74) is 0. The van der Waals surface area contributed by atoms with Crippen LogP contribution in [0, 0.1) is 0 Å². The number of likely N-dealkylation sites (tertiary alicyclic amines) is 1. The zero-order valence-corrected chi connectivity index (χ0v) is 13.4. The Hall–Kier alpha value is -1.15. The molecule has 2 unspecified atom stereocenters. The fraction of sp³-hybridized carbons (Fsp3) is 0.846. The highest BCUT2D eigenvalue weighted by Crippen LogP contribution is 2.19. The third-order valence-corrected chi connectivity index (χ3v) is 5.43. The Bertz CT molecular complexity index is 520. The SMILES string of the molecule is CC(=O)N1CCCC1C(=O)NC1CCCN(S(C)(=O)=O)C1. The number of sulfonamides is 1. The summed E-state index contributed by atoms with van der Waals surface area (Å²) in [6.45, 7) is 2.91. The second-order valence-electron chi connectivity index (χ2n) is 5.84. The molecule has 8 heteroatoms. The standard InChI is InChI=1S/C13H23N3O4S/c1-10(17)16-8-4-6-12(16)13(18)14-11-5-3-7-15(9-11)21(2,19)20/h11-12H,3-9H2,1-2H3,(H,14,18). The summed E-state index contributed by atoms with van der Waals surface area (Å²) in [6, 6.07) is -0.577. The van der Waals surface area contributed by atoms with Crippen LogP contribution in [0.3, 0.4) is 0 Å². The minimum atomic E-state index is -3.22. The summed E-state index contributed by atoms with van der Waals surface area (Å²) in [5, 5.41) is 2.91. The maximum Gasteiger partial charge on any atom is 0.243 e. The number of piperidine rings is 1. The van der Waals surface area contributed by atoms with Crippen molar-refractivity contribution in [3.05, 3.63) is 0 Å². The first kappa shape index (κ1) is 16.2. The van der Waals surface area contributed by atoms with Gasteiger partial charge in [-0.3, -0.25) is 9.59 Å². The van der Waals surface area contributed by atoms with E-state index in [9.17, 15) is 18.0 Å². The van der Waals surface area contributed by atoms with Gasteiger partial charge in [-0.05, 0) is 25.7 Å². The lowest BCUT2D eigenvalue weighted by atomic mass is 10.1. The quantitative estimate of drug-likeness (QED) is 0.763. The van der Waals surface area contributed by atoms with Gasteiger partial charge in [0, 0.05) is 32.6 Å². The van der Waals surface area contributed by atoms with Crippen LogP contribution in [-0.2, 0) is 19.6 Å². The molecule has 2 atom stereocenters. The van der Waals surface area contributed by atoms with E-state index >= 15 is 0 Å². The average molecular weight is 317 g/mol. The van der Waals surface area contributed by atoms with Crippen LogP contribution in [0.5, 0.6) is 0 Å². The van der Waals surface area contributed by atoms with Gasteiger partial charge in [-0.2, -0.15) is 0 Å². The lowest BCUT2D eigenvalue weighted by molar-refractivity contribution is -0.137. The Morgan fingerprint density at radius 2 is 1.81 bits per heavy atom. The van der Waals surface area contributed by atoms with Crippen molar-refractivity contribution in [3.63, 3.8) is 0 Å². The monoisotopic (exact) mass is 317 g/mol. The molecule has 2 rings (SSSR count). The molecule has 2 saturated heterocycles. The first-order chi connectivity index (χ1) is 9.79. The van der Waals surface area contributed by atoms with Crippen LogP contribution in [0.1, 0.15) is 32.6 Å². The number of nitrogens with zero attached hydrogens (tertiary/aromatic N) is 2. The number of amides is 2. The van der Waals surface area contributed by atoms with Crippen molar-refractivity contribution in [1.82, 2.24) is 14.5 Å². The maximum atomic E-state index is 12.3. The smallest absolute Gasteiger partial charge is 0.243 e. The normalized spacial score (nSPS) is 27.6. The molecule has 0 bridgehead atoms. The van der Waals surface area contributed by atoms with Gasteiger partial charge in [0.15, 0.2) is 0 Å². The van der Waals surface area contributed by atoms with E-state index in [1.54, 1.807) is 4.90 Å². The van der Waals surface area contributed by atoms with Gasteiger partial charge < -0.3 is 10.2 Å². The fourth-order valence-electron chi connectivity index (χ4n) is 3.08. The number of carbonyl (C=O) groups is 2. The number of carbonyl (C=O) groups excluding carboxylic acids is 2. The Balaban J connectivity index is 1.95. The van der Waals surface area contributed by atoms with Crippen molar-refractivity contribution in [2.45, 2.75) is 44.7 Å². The molecule has 21 heavy (non-hydrogen) atoms. The molecule has 0 radical (unpaired) electrons. The van der Waals surface area contributed by atoms with Crippen molar-refractivity contribution >= 4 is 21.8 Å². The van der Waals surface area contributed by atoms with E-state index in [-0.39, 0.29) is 17.9 Å². The minimum Gasteiger partial charge on any atom is -0.350 e. The lowest BCUT2D eigenvalue weighted by Gasteiger charge is -2.32. The van der Waals surface area contributed by atoms with Crippen LogP contribution in [0.4, 0.5) is 0 Å². The second kappa shape index (κ2) is 6.31. The van der Waals surface area contributed by atoms with Crippen molar-refractivity contribution in [2.24, 2.45) is 0 Å². The summed E-state index contributed by atoms with van der Waals surface area (Å²) in [4.78, 5) is 25.4. The molecule has 2 amide bonds. The van der Waals surface area contributed by atoms with Crippen LogP contribution in [0.15, 0.2) is 0 Å². The van der Waals surface area contributed by atoms with Gasteiger partial charge in [-0.1, -0.05) is 0 Å². The first-order valence-electron chi connectivity index (χ1n) is 7.31. The third-order valence-electron chi connectivity index (χ3n) is 4.16. The average Bonchev–Trinajstić information content (AvgIpc) is 2.87. The molecule has 0 spiro atoms. The van der Waals surface area contributed by atoms with Crippen molar-refractivity contribution in [2.75, 3.05) is 25.9 Å². The van der Waals surface area contributed by atoms with Crippen molar-refractivity contribution < 1.29 is 18.0 Å². The molecular weight excluding hydrogens is 294 g/mol. The fourth-order valence-corrected chi connectivity index (χ4v) is 3.99. The lowest BCUT2D eigenvalue weighted by Crippen LogP contribution is -2.53. The number of nitrogens with one attached hydrogen (secondary N) is 1. The first-order valence-corrected chi connectivity index (χ1v) is 9.16. The molecule has 2 aliphatic rings. The third kappa shape index (κ3) is 3.94. The molecule has 2 heterocycles. The van der Waals surface area contributed by atoms with Crippen LogP contribution >= 0.6 is 0 Å². The van der Waals surface area contributed by atoms with Gasteiger partial charge in [0.1, 0.15) is 6.04 Å². The molecule has 2 fully saturated rings. The van der Waals surface area contributed by atoms with Crippen LogP contribution in [-0.4, -0.2) is 67.4 Å². The van der Waals surface area contributed by atoms with E-state index in [1.165, 1.54) is 17.5 Å². The predicted molar refractivity (Wildman–Crippen MR) is 78.0 cm³/mol. The van der Waals surface area contributed by atoms with E-state index < -0.39 is 16.1 Å². The largest absolute Gasteiger partial charge is 0.350 e. The highest BCUT2D eigenvalue weighted by Gasteiger charge is 2.34. The second-order valence-corrected chi connectivity index (χ2v) is 7.82. The Labute approximate surface area is 125 Å². The Morgan fingerprint density at radius 3 is 2.43 bits per heavy atom. The number of hydrogen-bond donors (Lipinski definition) is 1. The predicted octanol–water partition coefficient (Wildman–Crippen LogP) is -0.462. The van der Waals surface area contributed by atoms with E-state index in [0.717, 1.165) is 19.3 Å². The van der Waals surface area contributed by atoms with E-state index in [1.807, 2.05) is 0 Å². The zero-order valence-electron chi connectivity index (χ0n) is 12.5. The topological polar surface area (TPSA) is 86.8 Å². The minimum absolute atomic E-state index is 0.0888. The molecule has 2 aliphatic heterocycles. The molecule has 0 saturated carbocycles. The zero-order chi connectivity index (χ0) is 15.6. The van der Waals surface area contributed by atoms with Gasteiger partial charge >= 0.3 is 0 Å². The molecule has 120 valence electrons. The molecule has 1 N–H and O–H groups in total. The van der Waals surface area contributed by atoms with Crippen LogP contribution in [0.25, 0.3) is 0 Å². The molecule has 0 aromatic carbocycles. The molecule has 0 aliphatic carbocycles. The molecule has 7 nitrogen and oxygen atoms in total. The van der Waals surface area contributed by atoms with Crippen molar-refractivity contribution in [3.8, 4) is 0 Å². The Kier molecular flexibility index (Phi) is 4.88. The summed E-state index contributed by atoms with van der Waals surface area (Å²) >= 11 is 0. The van der Waals surface area contributed by atoms with Gasteiger partial charge in [0.05, 0.1) is 6.26 Å². The molecule has 0 aromatic rings. The van der Waals surface area contributed by atoms with Gasteiger partial charge in [0.25, 0.3) is 0 Å². The van der Waals surface area contributed by atoms with Crippen LogP contribution in [0.2, 0.25) is 0 Å². The summed E-state index contributed by atoms with van der Waals surface area (Å²) in [6.07, 6.45) is 4.20. The number of rotatable bonds is 3. The van der Waals surface area contributed by atoms with Gasteiger partial charge in [0.2, 0.25) is 21.8 Å².